The molecule has 0 heterocycles. The van der Waals surface area contributed by atoms with Crippen molar-refractivity contribution in [2.24, 2.45) is 20.5 Å². The molecule has 0 saturated carbocycles. The van der Waals surface area contributed by atoms with Gasteiger partial charge in [0.2, 0.25) is 0 Å². The summed E-state index contributed by atoms with van der Waals surface area (Å²) < 4.78 is 63.4. The van der Waals surface area contributed by atoms with Gasteiger partial charge in [-0.3, -0.25) is 9.11 Å². The van der Waals surface area contributed by atoms with Crippen LogP contribution in [0.1, 0.15) is 24.0 Å². The van der Waals surface area contributed by atoms with E-state index in [-0.39, 0.29) is 26.9 Å². The van der Waals surface area contributed by atoms with Crippen molar-refractivity contribution in [2.75, 3.05) is 0 Å². The number of nitrogens with zero attached hydrogens (tertiary/aromatic N) is 4. The van der Waals surface area contributed by atoms with Gasteiger partial charge in [0, 0.05) is 17.1 Å². The minimum atomic E-state index is -4.24. The van der Waals surface area contributed by atoms with Gasteiger partial charge in [-0.2, -0.15) is 37.3 Å². The van der Waals surface area contributed by atoms with Gasteiger partial charge in [0.25, 0.3) is 20.2 Å². The molecule has 14 aromatic carbocycles. The maximum Gasteiger partial charge on any atom is 0.294 e. The van der Waals surface area contributed by atoms with Crippen molar-refractivity contribution in [3.05, 3.63) is 216 Å². The molecule has 0 spiro atoms. The van der Waals surface area contributed by atoms with Gasteiger partial charge in [0.1, 0.15) is 0 Å². The van der Waals surface area contributed by atoms with Crippen molar-refractivity contribution < 1.29 is 43.0 Å². The fourth-order valence-electron chi connectivity index (χ4n) is 12.8. The Morgan fingerprint density at radius 2 is 0.765 bits per heavy atom. The maximum absolute atomic E-state index is 11.3. The van der Waals surface area contributed by atoms with Crippen LogP contribution >= 0.6 is 0 Å². The summed E-state index contributed by atoms with van der Waals surface area (Å²) in [6.07, 6.45) is 8.99. The third-order valence-corrected chi connectivity index (χ3v) is 17.9. The molecule has 0 unspecified atom stereocenters. The Kier molecular flexibility index (Phi) is 12.0. The predicted molar refractivity (Wildman–Crippen MR) is 323 cm³/mol. The van der Waals surface area contributed by atoms with E-state index in [0.717, 1.165) is 36.8 Å². The zero-order valence-electron chi connectivity index (χ0n) is 42.9. The minimum absolute atomic E-state index is 0. The number of rotatable bonds is 8. The smallest absolute Gasteiger partial charge is 0.282 e. The average molecular weight is 1130 g/mol. The fraction of sp³-hybridized carbons (Fsp3) is 0.0588. The van der Waals surface area contributed by atoms with Crippen LogP contribution in [0.2, 0.25) is 0 Å². The molecule has 2 aliphatic carbocycles. The normalized spacial score (nSPS) is 13.6. The standard InChI is InChI=1S/2C34H22N2O3S.Fe/c2*37-40(38,39)27-16-14-26(15-17-27)36-35-25-12-9-22(10-13-25)31-28-6-2-4-21-7-8-24-19-23-5-1-3-20-11-18-29(31)34(30(20)23)33(24)32(21)28;/h2,4-19H,1,3H2,(H,37,38,39);1,3,5-19H,2,4H2,(H,37,38,39);. The Morgan fingerprint density at radius 3 is 1.40 bits per heavy atom. The Morgan fingerprint density at radius 1 is 0.346 bits per heavy atom. The van der Waals surface area contributed by atoms with Gasteiger partial charge in [-0.1, -0.05) is 121 Å². The molecule has 0 fully saturated rings. The Bertz CT molecular complexity index is 5330. The quantitative estimate of drug-likeness (QED) is 0.0507. The van der Waals surface area contributed by atoms with Gasteiger partial charge in [-0.25, -0.2) is 0 Å². The van der Waals surface area contributed by atoms with Crippen LogP contribution in [0.4, 0.5) is 22.7 Å². The van der Waals surface area contributed by atoms with E-state index in [9.17, 15) is 25.9 Å². The van der Waals surface area contributed by atoms with Gasteiger partial charge in [0.05, 0.1) is 32.5 Å². The van der Waals surface area contributed by atoms with Crippen molar-refractivity contribution in [3.8, 4) is 22.3 Å². The summed E-state index contributed by atoms with van der Waals surface area (Å²) in [7, 11) is -8.48. The summed E-state index contributed by atoms with van der Waals surface area (Å²) in [5.41, 5.74) is 9.93. The monoisotopic (exact) mass is 1130 g/mol. The van der Waals surface area contributed by atoms with Gasteiger partial charge in [-0.15, -0.1) is 0 Å². The second kappa shape index (κ2) is 19.2. The molecule has 10 nitrogen and oxygen atoms in total. The summed E-state index contributed by atoms with van der Waals surface area (Å²) in [5, 5.41) is 40.8. The van der Waals surface area contributed by atoms with E-state index in [1.807, 2.05) is 24.3 Å². The minimum Gasteiger partial charge on any atom is -0.282 e. The number of aryl methyl sites for hydroxylation is 2. The summed E-state index contributed by atoms with van der Waals surface area (Å²) in [4.78, 5) is -0.349. The van der Waals surface area contributed by atoms with E-state index < -0.39 is 20.2 Å². The average Bonchev–Trinajstić information content (AvgIpc) is 3.60. The molecule has 0 aliphatic heterocycles. The number of hydrogen-bond acceptors (Lipinski definition) is 8. The SMILES string of the molecule is O=S(=O)(O)c1ccc(N=Nc2ccc(-c3c4c5c(ccc6cc7cccc8ccc3c(c87)c65)CCC=4)cc2)cc1.O=S(=O)(O)c1ccc(N=Nc2ccc(-c3c4cccc5ccc6cc7c8c(ccc3c8c6c54)CCC=7)cc2)cc1.[Fe]. The van der Waals surface area contributed by atoms with Crippen LogP contribution in [0.3, 0.4) is 0 Å². The molecule has 0 amide bonds. The van der Waals surface area contributed by atoms with Crippen LogP contribution in [0.15, 0.2) is 224 Å². The first-order valence-corrected chi connectivity index (χ1v) is 29.3. The molecule has 0 radical (unpaired) electrons. The predicted octanol–water partition coefficient (Wildman–Crippen LogP) is 17.0. The molecule has 2 aliphatic rings. The third-order valence-electron chi connectivity index (χ3n) is 16.2. The van der Waals surface area contributed by atoms with Crippen molar-refractivity contribution in [1.82, 2.24) is 0 Å². The topological polar surface area (TPSA) is 158 Å². The fourth-order valence-corrected chi connectivity index (χ4v) is 13.7. The third kappa shape index (κ3) is 8.43. The van der Waals surface area contributed by atoms with Crippen LogP contribution in [0, 0.1) is 0 Å². The summed E-state index contributed by atoms with van der Waals surface area (Å²) in [6.45, 7) is 0. The molecule has 16 rings (SSSR count). The van der Waals surface area contributed by atoms with E-state index in [1.165, 1.54) is 167 Å². The van der Waals surface area contributed by atoms with Crippen LogP contribution < -0.4 is 10.4 Å². The summed E-state index contributed by atoms with van der Waals surface area (Å²) >= 11 is 0. The molecular formula is C68H44FeN4O6S2. The van der Waals surface area contributed by atoms with Crippen molar-refractivity contribution in [2.45, 2.75) is 35.5 Å². The van der Waals surface area contributed by atoms with Crippen molar-refractivity contribution >= 4 is 141 Å². The molecular weight excluding hydrogens is 1090 g/mol. The van der Waals surface area contributed by atoms with Gasteiger partial charge >= 0.3 is 0 Å². The number of hydrogen-bond donors (Lipinski definition) is 2. The number of benzene rings is 14. The summed E-state index contributed by atoms with van der Waals surface area (Å²) in [6, 6.07) is 63.5. The van der Waals surface area contributed by atoms with Gasteiger partial charge in [-0.05, 0) is 241 Å². The zero-order valence-corrected chi connectivity index (χ0v) is 45.7. The molecule has 0 aromatic heterocycles. The van der Waals surface area contributed by atoms with Crippen molar-refractivity contribution in [1.29, 1.82) is 0 Å². The number of azo groups is 2. The summed E-state index contributed by atoms with van der Waals surface area (Å²) in [5.74, 6) is 0. The first-order valence-electron chi connectivity index (χ1n) is 26.4. The van der Waals surface area contributed by atoms with Crippen molar-refractivity contribution in [3.63, 3.8) is 0 Å². The maximum atomic E-state index is 11.3. The van der Waals surface area contributed by atoms with E-state index in [0.29, 0.717) is 22.7 Å². The Balaban J connectivity index is 0.000000144. The molecule has 0 bridgehead atoms. The molecule has 13 heteroatoms. The molecule has 0 atom stereocenters. The first-order chi connectivity index (χ1) is 38.9. The van der Waals surface area contributed by atoms with Crippen LogP contribution in [0.5, 0.6) is 0 Å². The van der Waals surface area contributed by atoms with Gasteiger partial charge < -0.3 is 0 Å². The Hall–Kier alpha value is -8.78. The Labute approximate surface area is 475 Å². The zero-order chi connectivity index (χ0) is 54.0. The molecule has 14 aromatic rings. The molecule has 392 valence electrons. The van der Waals surface area contributed by atoms with Crippen LogP contribution in [-0.4, -0.2) is 25.9 Å². The van der Waals surface area contributed by atoms with Crippen LogP contribution in [-0.2, 0) is 50.1 Å². The van der Waals surface area contributed by atoms with E-state index in [2.05, 4.69) is 154 Å². The molecule has 81 heavy (non-hydrogen) atoms. The van der Waals surface area contributed by atoms with E-state index in [1.54, 1.807) is 0 Å². The van der Waals surface area contributed by atoms with Gasteiger partial charge in [0.15, 0.2) is 0 Å². The molecule has 0 saturated heterocycles. The van der Waals surface area contributed by atoms with E-state index in [4.69, 9.17) is 0 Å². The second-order valence-electron chi connectivity index (χ2n) is 20.8. The molecule has 2 N–H and O–H groups in total. The first kappa shape index (κ1) is 50.4. The van der Waals surface area contributed by atoms with E-state index >= 15 is 0 Å². The largest absolute Gasteiger partial charge is 0.294 e. The second-order valence-corrected chi connectivity index (χ2v) is 23.6. The van der Waals surface area contributed by atoms with Crippen LogP contribution in [0.25, 0.3) is 121 Å².